The quantitative estimate of drug-likeness (QED) is 0.779. The number of hydrogen-bond acceptors (Lipinski definition) is 3. The molecule has 1 rings (SSSR count). The van der Waals surface area contributed by atoms with Gasteiger partial charge in [0.05, 0.1) is 5.41 Å². The Morgan fingerprint density at radius 2 is 2.00 bits per heavy atom. The number of nitrogens with one attached hydrogen (secondary N) is 1. The van der Waals surface area contributed by atoms with E-state index in [1.807, 2.05) is 0 Å². The molecule has 0 aromatic heterocycles. The predicted octanol–water partition coefficient (Wildman–Crippen LogP) is 2.15. The minimum atomic E-state index is -0.800. The lowest BCUT2D eigenvalue weighted by Gasteiger charge is -2.22. The van der Waals surface area contributed by atoms with Gasteiger partial charge in [-0.05, 0) is 47.0 Å². The van der Waals surface area contributed by atoms with Crippen LogP contribution in [0, 0.1) is 5.41 Å². The van der Waals surface area contributed by atoms with Crippen LogP contribution < -0.4 is 5.32 Å². The number of alkyl carbamates (subject to hydrolysis) is 1. The second-order valence-corrected chi connectivity index (χ2v) is 5.95. The van der Waals surface area contributed by atoms with E-state index >= 15 is 0 Å². The summed E-state index contributed by atoms with van der Waals surface area (Å²) in [5.74, 6) is -0.800. The van der Waals surface area contributed by atoms with Crippen molar-refractivity contribution in [1.29, 1.82) is 0 Å². The van der Waals surface area contributed by atoms with Gasteiger partial charge in [-0.25, -0.2) is 4.79 Å². The molecule has 1 saturated carbocycles. The molecule has 17 heavy (non-hydrogen) atoms. The van der Waals surface area contributed by atoms with Gasteiger partial charge in [0.15, 0.2) is 0 Å². The Balaban J connectivity index is 2.46. The van der Waals surface area contributed by atoms with Gasteiger partial charge >= 0.3 is 12.1 Å². The van der Waals surface area contributed by atoms with E-state index in [0.717, 1.165) is 0 Å². The van der Waals surface area contributed by atoms with Gasteiger partial charge in [-0.2, -0.15) is 0 Å². The summed E-state index contributed by atoms with van der Waals surface area (Å²) in [6.45, 7) is 7.10. The first-order valence-electron chi connectivity index (χ1n) is 5.85. The Morgan fingerprint density at radius 3 is 2.41 bits per heavy atom. The van der Waals surface area contributed by atoms with E-state index in [1.54, 1.807) is 27.7 Å². The van der Waals surface area contributed by atoms with Gasteiger partial charge in [-0.1, -0.05) is 0 Å². The molecule has 98 valence electrons. The molecule has 2 atom stereocenters. The highest BCUT2D eigenvalue weighted by atomic mass is 16.6. The largest absolute Gasteiger partial charge is 0.481 e. The minimum Gasteiger partial charge on any atom is -0.481 e. The summed E-state index contributed by atoms with van der Waals surface area (Å²) in [7, 11) is 0. The first kappa shape index (κ1) is 13.8. The number of amides is 1. The van der Waals surface area contributed by atoms with Gasteiger partial charge in [-0.3, -0.25) is 4.79 Å². The lowest BCUT2D eigenvalue weighted by atomic mass is 9.89. The number of hydrogen-bond donors (Lipinski definition) is 2. The van der Waals surface area contributed by atoms with Crippen LogP contribution in [0.25, 0.3) is 0 Å². The van der Waals surface area contributed by atoms with Gasteiger partial charge in [0.2, 0.25) is 0 Å². The van der Waals surface area contributed by atoms with E-state index in [-0.39, 0.29) is 6.04 Å². The van der Waals surface area contributed by atoms with Gasteiger partial charge in [0.1, 0.15) is 5.60 Å². The van der Waals surface area contributed by atoms with Crippen LogP contribution in [0.2, 0.25) is 0 Å². The zero-order chi connectivity index (χ0) is 13.3. The summed E-state index contributed by atoms with van der Waals surface area (Å²) >= 11 is 0. The number of aliphatic carboxylic acids is 1. The average Bonchev–Trinajstić information content (AvgIpc) is 2.45. The van der Waals surface area contributed by atoms with Crippen molar-refractivity contribution in [1.82, 2.24) is 5.32 Å². The minimum absolute atomic E-state index is 0.106. The molecule has 0 heterocycles. The fourth-order valence-corrected chi connectivity index (χ4v) is 2.03. The van der Waals surface area contributed by atoms with Gasteiger partial charge < -0.3 is 15.2 Å². The number of carbonyl (C=O) groups is 2. The molecule has 0 saturated heterocycles. The van der Waals surface area contributed by atoms with Crippen LogP contribution >= 0.6 is 0 Å². The van der Waals surface area contributed by atoms with Crippen LogP contribution in [0.1, 0.15) is 47.0 Å². The molecule has 0 spiro atoms. The maximum Gasteiger partial charge on any atom is 0.407 e. The van der Waals surface area contributed by atoms with Crippen molar-refractivity contribution in [2.45, 2.75) is 58.6 Å². The monoisotopic (exact) mass is 243 g/mol. The SMILES string of the molecule is CC(C)(C)OC(=O)N[C@@H]1CCC(C)(C(=O)O)C1. The smallest absolute Gasteiger partial charge is 0.407 e. The summed E-state index contributed by atoms with van der Waals surface area (Å²) < 4.78 is 5.13. The molecule has 1 amide bonds. The molecule has 0 radical (unpaired) electrons. The van der Waals surface area contributed by atoms with Crippen LogP contribution in [-0.2, 0) is 9.53 Å². The van der Waals surface area contributed by atoms with Gasteiger partial charge in [-0.15, -0.1) is 0 Å². The van der Waals surface area contributed by atoms with E-state index in [9.17, 15) is 9.59 Å². The summed E-state index contributed by atoms with van der Waals surface area (Å²) in [6, 6.07) is -0.106. The van der Waals surface area contributed by atoms with Crippen molar-refractivity contribution < 1.29 is 19.4 Å². The third-order valence-electron chi connectivity index (χ3n) is 2.98. The molecule has 0 bridgehead atoms. The Labute approximate surface area is 102 Å². The lowest BCUT2D eigenvalue weighted by molar-refractivity contribution is -0.147. The molecule has 2 N–H and O–H groups in total. The van der Waals surface area contributed by atoms with Crippen LogP contribution in [0.3, 0.4) is 0 Å². The van der Waals surface area contributed by atoms with Gasteiger partial charge in [0, 0.05) is 6.04 Å². The number of carboxylic acid groups (broad SMARTS) is 1. The molecule has 1 fully saturated rings. The summed E-state index contributed by atoms with van der Waals surface area (Å²) in [6.07, 6.45) is 1.25. The first-order valence-corrected chi connectivity index (χ1v) is 5.85. The Morgan fingerprint density at radius 1 is 1.41 bits per heavy atom. The molecular formula is C12H21NO4. The molecule has 1 aliphatic carbocycles. The topological polar surface area (TPSA) is 75.6 Å². The fourth-order valence-electron chi connectivity index (χ4n) is 2.03. The van der Waals surface area contributed by atoms with E-state index < -0.39 is 23.1 Å². The Hall–Kier alpha value is -1.26. The van der Waals surface area contributed by atoms with Crippen molar-refractivity contribution in [3.63, 3.8) is 0 Å². The van der Waals surface area contributed by atoms with Crippen LogP contribution in [-0.4, -0.2) is 28.8 Å². The van der Waals surface area contributed by atoms with Crippen molar-refractivity contribution in [2.75, 3.05) is 0 Å². The molecule has 0 aromatic carbocycles. The molecule has 5 nitrogen and oxygen atoms in total. The highest BCUT2D eigenvalue weighted by Crippen LogP contribution is 2.38. The Bertz CT molecular complexity index is 321. The maximum atomic E-state index is 11.5. The molecule has 0 aliphatic heterocycles. The normalized spacial score (nSPS) is 28.8. The number of carbonyl (C=O) groups excluding carboxylic acids is 1. The summed E-state index contributed by atoms with van der Waals surface area (Å²) in [5.41, 5.74) is -1.25. The highest BCUT2D eigenvalue weighted by molar-refractivity contribution is 5.75. The van der Waals surface area contributed by atoms with Crippen LogP contribution in [0.4, 0.5) is 4.79 Å². The first-order chi connectivity index (χ1) is 7.62. The Kier molecular flexibility index (Phi) is 3.69. The predicted molar refractivity (Wildman–Crippen MR) is 62.8 cm³/mol. The van der Waals surface area contributed by atoms with Crippen LogP contribution in [0.5, 0.6) is 0 Å². The third-order valence-corrected chi connectivity index (χ3v) is 2.98. The average molecular weight is 243 g/mol. The zero-order valence-electron chi connectivity index (χ0n) is 10.9. The standard InChI is InChI=1S/C12H21NO4/c1-11(2,3)17-10(16)13-8-5-6-12(4,7-8)9(14)15/h8H,5-7H2,1-4H3,(H,13,16)(H,14,15)/t8-,12?/m1/s1. The fraction of sp³-hybridized carbons (Fsp3) is 0.833. The highest BCUT2D eigenvalue weighted by Gasteiger charge is 2.42. The second-order valence-electron chi connectivity index (χ2n) is 5.95. The molecular weight excluding hydrogens is 222 g/mol. The van der Waals surface area contributed by atoms with Gasteiger partial charge in [0.25, 0.3) is 0 Å². The van der Waals surface area contributed by atoms with E-state index in [2.05, 4.69) is 5.32 Å². The third kappa shape index (κ3) is 3.91. The van der Waals surface area contributed by atoms with Crippen LogP contribution in [0.15, 0.2) is 0 Å². The zero-order valence-corrected chi connectivity index (χ0v) is 10.9. The van der Waals surface area contributed by atoms with Crippen molar-refractivity contribution in [2.24, 2.45) is 5.41 Å². The number of carboxylic acids is 1. The van der Waals surface area contributed by atoms with Crippen molar-refractivity contribution in [3.8, 4) is 0 Å². The van der Waals surface area contributed by atoms with E-state index in [4.69, 9.17) is 9.84 Å². The van der Waals surface area contributed by atoms with E-state index in [0.29, 0.717) is 19.3 Å². The maximum absolute atomic E-state index is 11.5. The number of rotatable bonds is 2. The number of ether oxygens (including phenoxy) is 1. The summed E-state index contributed by atoms with van der Waals surface area (Å²) in [5, 5.41) is 11.8. The summed E-state index contributed by atoms with van der Waals surface area (Å²) in [4.78, 5) is 22.6. The molecule has 5 heteroatoms. The molecule has 1 unspecified atom stereocenters. The van der Waals surface area contributed by atoms with Crippen molar-refractivity contribution in [3.05, 3.63) is 0 Å². The molecule has 0 aromatic rings. The molecule has 1 aliphatic rings. The lowest BCUT2D eigenvalue weighted by Crippen LogP contribution is -2.39. The van der Waals surface area contributed by atoms with Crippen molar-refractivity contribution >= 4 is 12.1 Å². The second kappa shape index (κ2) is 4.55. The van der Waals surface area contributed by atoms with E-state index in [1.165, 1.54) is 0 Å².